The molecule has 1 heterocycles. The summed E-state index contributed by atoms with van der Waals surface area (Å²) in [6.07, 6.45) is 0. The number of aryl methyl sites for hydroxylation is 1. The molecule has 0 spiro atoms. The number of benzene rings is 1. The van der Waals surface area contributed by atoms with Crippen LogP contribution in [0.15, 0.2) is 18.2 Å². The van der Waals surface area contributed by atoms with Gasteiger partial charge in [0.15, 0.2) is 9.84 Å². The Morgan fingerprint density at radius 2 is 2.00 bits per heavy atom. The van der Waals surface area contributed by atoms with E-state index in [0.29, 0.717) is 0 Å². The number of hydrogen-bond donors (Lipinski definition) is 1. The monoisotopic (exact) mass is 312 g/mol. The molecule has 1 fully saturated rings. The second-order valence-electron chi connectivity index (χ2n) is 5.27. The van der Waals surface area contributed by atoms with E-state index in [4.69, 9.17) is 4.74 Å². The number of hydrogen-bond acceptors (Lipinski definition) is 5. The first kappa shape index (κ1) is 16.1. The molecule has 1 N–H and O–H groups in total. The Kier molecular flexibility index (Phi) is 5.47. The summed E-state index contributed by atoms with van der Waals surface area (Å²) in [5.41, 5.74) is 2.24. The Hall–Kier alpha value is -1.27. The maximum atomic E-state index is 11.4. The average Bonchev–Trinajstić information content (AvgIpc) is 2.49. The van der Waals surface area contributed by atoms with Crippen LogP contribution in [0.25, 0.3) is 0 Å². The summed E-state index contributed by atoms with van der Waals surface area (Å²) in [6.45, 7) is 7.89. The van der Waals surface area contributed by atoms with Gasteiger partial charge in [-0.25, -0.2) is 8.42 Å². The third-order valence-electron chi connectivity index (χ3n) is 3.73. The molecule has 0 unspecified atom stereocenters. The van der Waals surface area contributed by atoms with Crippen LogP contribution in [0.5, 0.6) is 5.75 Å². The minimum atomic E-state index is -2.97. The molecule has 1 aliphatic heterocycles. The molecule has 0 atom stereocenters. The molecule has 0 aromatic heterocycles. The van der Waals surface area contributed by atoms with E-state index < -0.39 is 9.84 Å². The van der Waals surface area contributed by atoms with Gasteiger partial charge >= 0.3 is 0 Å². The maximum absolute atomic E-state index is 11.4. The van der Waals surface area contributed by atoms with Gasteiger partial charge in [-0.15, -0.1) is 0 Å². The van der Waals surface area contributed by atoms with Crippen LogP contribution in [0.3, 0.4) is 0 Å². The van der Waals surface area contributed by atoms with Crippen LogP contribution in [-0.4, -0.2) is 52.7 Å². The summed E-state index contributed by atoms with van der Waals surface area (Å²) in [4.78, 5) is 2.34. The van der Waals surface area contributed by atoms with Crippen LogP contribution in [0, 0.1) is 6.92 Å². The lowest BCUT2D eigenvalue weighted by molar-refractivity contribution is 0.338. The minimum Gasteiger partial charge on any atom is -0.492 e. The molecule has 0 bridgehead atoms. The van der Waals surface area contributed by atoms with Crippen molar-refractivity contribution in [3.63, 3.8) is 0 Å². The Bertz CT molecular complexity index is 566. The van der Waals surface area contributed by atoms with Crippen molar-refractivity contribution in [3.05, 3.63) is 23.8 Å². The van der Waals surface area contributed by atoms with E-state index in [-0.39, 0.29) is 18.1 Å². The molecule has 0 radical (unpaired) electrons. The van der Waals surface area contributed by atoms with Crippen molar-refractivity contribution in [2.75, 3.05) is 49.2 Å². The van der Waals surface area contributed by atoms with Crippen molar-refractivity contribution in [1.29, 1.82) is 0 Å². The smallest absolute Gasteiger partial charge is 0.153 e. The van der Waals surface area contributed by atoms with E-state index in [1.54, 1.807) is 6.92 Å². The lowest BCUT2D eigenvalue weighted by atomic mass is 10.1. The summed E-state index contributed by atoms with van der Waals surface area (Å²) < 4.78 is 28.5. The quantitative estimate of drug-likeness (QED) is 0.856. The molecule has 0 aliphatic carbocycles. The van der Waals surface area contributed by atoms with E-state index in [1.165, 1.54) is 5.69 Å². The molecular formula is C15H24N2O3S. The molecule has 5 nitrogen and oxygen atoms in total. The third-order valence-corrected chi connectivity index (χ3v) is 5.40. The summed E-state index contributed by atoms with van der Waals surface area (Å²) >= 11 is 0. The second kappa shape index (κ2) is 7.13. The molecule has 118 valence electrons. The van der Waals surface area contributed by atoms with Gasteiger partial charge in [0.1, 0.15) is 12.4 Å². The van der Waals surface area contributed by atoms with Crippen molar-refractivity contribution in [3.8, 4) is 5.75 Å². The topological polar surface area (TPSA) is 58.6 Å². The summed E-state index contributed by atoms with van der Waals surface area (Å²) in [6, 6.07) is 6.09. The number of ether oxygens (including phenoxy) is 1. The predicted molar refractivity (Wildman–Crippen MR) is 86.1 cm³/mol. The highest BCUT2D eigenvalue weighted by Gasteiger charge is 2.12. The van der Waals surface area contributed by atoms with Gasteiger partial charge in [-0.3, -0.25) is 0 Å². The lowest BCUT2D eigenvalue weighted by Crippen LogP contribution is -2.43. The molecule has 6 heteroatoms. The molecule has 2 rings (SSSR count). The number of piperazine rings is 1. The van der Waals surface area contributed by atoms with Gasteiger partial charge < -0.3 is 15.0 Å². The Morgan fingerprint density at radius 1 is 1.29 bits per heavy atom. The van der Waals surface area contributed by atoms with Gasteiger partial charge in [0, 0.05) is 37.6 Å². The highest BCUT2D eigenvalue weighted by Crippen LogP contribution is 2.24. The number of anilines is 1. The number of nitrogens with zero attached hydrogens (tertiary/aromatic N) is 1. The van der Waals surface area contributed by atoms with Crippen LogP contribution < -0.4 is 15.0 Å². The molecule has 1 saturated heterocycles. The average molecular weight is 312 g/mol. The summed E-state index contributed by atoms with van der Waals surface area (Å²) in [5.74, 6) is 1.000. The molecule has 1 aromatic rings. The van der Waals surface area contributed by atoms with E-state index >= 15 is 0 Å². The number of rotatable bonds is 6. The fourth-order valence-corrected chi connectivity index (χ4v) is 2.96. The highest BCUT2D eigenvalue weighted by molar-refractivity contribution is 7.91. The number of sulfone groups is 1. The third kappa shape index (κ3) is 4.61. The van der Waals surface area contributed by atoms with Crippen molar-refractivity contribution in [2.45, 2.75) is 13.8 Å². The fourth-order valence-electron chi connectivity index (χ4n) is 2.34. The first-order valence-corrected chi connectivity index (χ1v) is 9.23. The van der Waals surface area contributed by atoms with Crippen LogP contribution in [-0.2, 0) is 9.84 Å². The van der Waals surface area contributed by atoms with Gasteiger partial charge in [0.25, 0.3) is 0 Å². The molecule has 1 aliphatic rings. The fraction of sp³-hybridized carbons (Fsp3) is 0.600. The molecule has 0 saturated carbocycles. The maximum Gasteiger partial charge on any atom is 0.153 e. The van der Waals surface area contributed by atoms with E-state index in [9.17, 15) is 8.42 Å². The van der Waals surface area contributed by atoms with Crippen molar-refractivity contribution < 1.29 is 13.2 Å². The Labute approximate surface area is 127 Å². The van der Waals surface area contributed by atoms with Crippen LogP contribution in [0.4, 0.5) is 5.69 Å². The zero-order chi connectivity index (χ0) is 15.3. The van der Waals surface area contributed by atoms with E-state index in [2.05, 4.69) is 16.3 Å². The predicted octanol–water partition coefficient (Wildman–Crippen LogP) is 1.22. The van der Waals surface area contributed by atoms with Crippen molar-refractivity contribution in [2.24, 2.45) is 0 Å². The van der Waals surface area contributed by atoms with Crippen molar-refractivity contribution in [1.82, 2.24) is 5.32 Å². The molecular weight excluding hydrogens is 288 g/mol. The molecule has 0 amide bonds. The molecule has 1 aromatic carbocycles. The van der Waals surface area contributed by atoms with Crippen LogP contribution >= 0.6 is 0 Å². The van der Waals surface area contributed by atoms with Gasteiger partial charge in [0.2, 0.25) is 0 Å². The van der Waals surface area contributed by atoms with Gasteiger partial charge in [0.05, 0.1) is 5.75 Å². The van der Waals surface area contributed by atoms with Gasteiger partial charge in [-0.2, -0.15) is 0 Å². The molecule has 21 heavy (non-hydrogen) atoms. The first-order valence-electron chi connectivity index (χ1n) is 7.41. The highest BCUT2D eigenvalue weighted by atomic mass is 32.2. The second-order valence-corrected chi connectivity index (χ2v) is 7.74. The van der Waals surface area contributed by atoms with Gasteiger partial charge in [-0.1, -0.05) is 6.92 Å². The standard InChI is InChI=1S/C15H24N2O3S/c1-3-21(18,19)11-10-20-15-5-4-14(12-13(15)2)17-8-6-16-7-9-17/h4-5,12,16H,3,6-11H2,1-2H3. The largest absolute Gasteiger partial charge is 0.492 e. The van der Waals surface area contributed by atoms with Crippen LogP contribution in [0.2, 0.25) is 0 Å². The number of nitrogens with one attached hydrogen (secondary N) is 1. The van der Waals surface area contributed by atoms with Gasteiger partial charge in [-0.05, 0) is 30.7 Å². The van der Waals surface area contributed by atoms with E-state index in [0.717, 1.165) is 37.5 Å². The zero-order valence-electron chi connectivity index (χ0n) is 12.8. The van der Waals surface area contributed by atoms with Crippen LogP contribution in [0.1, 0.15) is 12.5 Å². The van der Waals surface area contributed by atoms with E-state index in [1.807, 2.05) is 19.1 Å². The SMILES string of the molecule is CCS(=O)(=O)CCOc1ccc(N2CCNCC2)cc1C. The van der Waals surface area contributed by atoms with Crippen molar-refractivity contribution >= 4 is 15.5 Å². The Balaban J connectivity index is 1.95. The summed E-state index contributed by atoms with van der Waals surface area (Å²) in [5, 5.41) is 3.33. The summed E-state index contributed by atoms with van der Waals surface area (Å²) in [7, 11) is -2.97. The normalized spacial score (nSPS) is 16.0. The minimum absolute atomic E-state index is 0.0719. The lowest BCUT2D eigenvalue weighted by Gasteiger charge is -2.29. The Morgan fingerprint density at radius 3 is 2.62 bits per heavy atom. The first-order chi connectivity index (χ1) is 10.0. The zero-order valence-corrected chi connectivity index (χ0v) is 13.6.